The minimum absolute atomic E-state index is 0.307. The van der Waals surface area contributed by atoms with Crippen molar-refractivity contribution in [2.75, 3.05) is 7.11 Å². The Hall–Kier alpha value is -1.48. The van der Waals surface area contributed by atoms with Crippen LogP contribution >= 0.6 is 27.3 Å². The van der Waals surface area contributed by atoms with Gasteiger partial charge in [-0.3, -0.25) is 0 Å². The number of nitrogens with two attached hydrogens (primary N) is 1. The summed E-state index contributed by atoms with van der Waals surface area (Å²) in [5.41, 5.74) is 2.09. The van der Waals surface area contributed by atoms with E-state index in [1.54, 1.807) is 33.1 Å². The Morgan fingerprint density at radius 1 is 1.21 bits per heavy atom. The van der Waals surface area contributed by atoms with Gasteiger partial charge in [0.25, 0.3) is 5.13 Å². The molecule has 3 rings (SSSR count). The fraction of sp³-hybridized carbons (Fsp3) is 0.188. The summed E-state index contributed by atoms with van der Waals surface area (Å²) < 4.78 is 34.0. The summed E-state index contributed by atoms with van der Waals surface area (Å²) in [6.07, 6.45) is 0. The first-order chi connectivity index (χ1) is 11.3. The molecule has 0 unspecified atom stereocenters. The number of benzene rings is 2. The maximum Gasteiger partial charge on any atom is 0.331 e. The molecule has 0 radical (unpaired) electrons. The molecule has 126 valence electrons. The number of halogens is 1. The van der Waals surface area contributed by atoms with Gasteiger partial charge in [-0.25, -0.2) is 0 Å². The van der Waals surface area contributed by atoms with Crippen LogP contribution in [0.15, 0.2) is 39.7 Å². The van der Waals surface area contributed by atoms with Crippen LogP contribution in [-0.4, -0.2) is 20.5 Å². The number of methoxy groups -OCH3 is 1. The van der Waals surface area contributed by atoms with Gasteiger partial charge in [0.2, 0.25) is 0 Å². The van der Waals surface area contributed by atoms with E-state index >= 15 is 0 Å². The molecule has 0 fully saturated rings. The predicted molar refractivity (Wildman–Crippen MR) is 98.6 cm³/mol. The Kier molecular flexibility index (Phi) is 4.65. The van der Waals surface area contributed by atoms with E-state index in [2.05, 4.69) is 20.9 Å². The lowest BCUT2D eigenvalue weighted by molar-refractivity contribution is -0.396. The smallest absolute Gasteiger partial charge is 0.331 e. The average molecular weight is 428 g/mol. The Morgan fingerprint density at radius 2 is 1.88 bits per heavy atom. The zero-order valence-corrected chi connectivity index (χ0v) is 16.5. The first kappa shape index (κ1) is 17.3. The lowest BCUT2D eigenvalue weighted by Gasteiger charge is -2.10. The van der Waals surface area contributed by atoms with E-state index in [1.165, 1.54) is 16.1 Å². The number of sulfonamides is 1. The van der Waals surface area contributed by atoms with E-state index in [1.807, 2.05) is 18.2 Å². The molecule has 0 atom stereocenters. The number of thiazole rings is 1. The number of nitrogens with zero attached hydrogens (tertiary/aromatic N) is 1. The number of quaternary nitrogens is 1. The summed E-state index contributed by atoms with van der Waals surface area (Å²) in [7, 11) is -2.05. The summed E-state index contributed by atoms with van der Waals surface area (Å²) >= 11 is 4.79. The van der Waals surface area contributed by atoms with Crippen LogP contribution in [0.4, 0.5) is 5.13 Å². The third-order valence-electron chi connectivity index (χ3n) is 3.60. The van der Waals surface area contributed by atoms with E-state index in [9.17, 15) is 8.42 Å². The molecule has 1 heterocycles. The van der Waals surface area contributed by atoms with Crippen LogP contribution in [0.25, 0.3) is 10.2 Å². The highest BCUT2D eigenvalue weighted by Crippen LogP contribution is 2.30. The third kappa shape index (κ3) is 3.19. The van der Waals surface area contributed by atoms with Gasteiger partial charge < -0.3 is 4.74 Å². The summed E-state index contributed by atoms with van der Waals surface area (Å²) in [5.74, 6) is 0.646. The first-order valence-corrected chi connectivity index (χ1v) is 10.3. The SMILES string of the molecule is COc1cc(C)c(S(=O)(=O)[NH2+]c2nc3c(Br)cccc3s2)c(C)c1. The van der Waals surface area contributed by atoms with E-state index in [4.69, 9.17) is 4.74 Å². The standard InChI is InChI=1S/C16H15BrN2O3S2/c1-9-7-11(22-3)8-10(2)15(9)24(20,21)19-16-18-14-12(17)5-4-6-13(14)23-16/h4-8H,1-3H3,(H,18,19)/p+1. The van der Waals surface area contributed by atoms with Crippen molar-refractivity contribution in [3.05, 3.63) is 45.9 Å². The number of para-hydroxylation sites is 1. The summed E-state index contributed by atoms with van der Waals surface area (Å²) in [6.45, 7) is 3.54. The fourth-order valence-corrected chi connectivity index (χ4v) is 6.02. The number of fused-ring (bicyclic) bond motifs is 1. The minimum atomic E-state index is -3.61. The number of aryl methyl sites for hydroxylation is 2. The number of hydrogen-bond donors (Lipinski definition) is 1. The topological polar surface area (TPSA) is 72.9 Å². The molecule has 2 aromatic carbocycles. The van der Waals surface area contributed by atoms with Crippen molar-refractivity contribution in [2.24, 2.45) is 0 Å². The molecule has 0 saturated carbocycles. The molecular formula is C16H16BrN2O3S2+. The zero-order valence-electron chi connectivity index (χ0n) is 13.3. The largest absolute Gasteiger partial charge is 0.497 e. The summed E-state index contributed by atoms with van der Waals surface area (Å²) in [4.78, 5) is 4.74. The van der Waals surface area contributed by atoms with Gasteiger partial charge in [-0.2, -0.15) is 18.1 Å². The van der Waals surface area contributed by atoms with Crippen LogP contribution in [-0.2, 0) is 10.0 Å². The van der Waals surface area contributed by atoms with Crippen molar-refractivity contribution in [2.45, 2.75) is 18.7 Å². The molecule has 1 aromatic heterocycles. The number of aromatic nitrogens is 1. The second kappa shape index (κ2) is 6.44. The van der Waals surface area contributed by atoms with Gasteiger partial charge in [0, 0.05) is 4.47 Å². The van der Waals surface area contributed by atoms with Crippen LogP contribution < -0.4 is 9.46 Å². The second-order valence-electron chi connectivity index (χ2n) is 5.39. The fourth-order valence-electron chi connectivity index (χ4n) is 2.65. The van der Waals surface area contributed by atoms with Crippen LogP contribution in [0.1, 0.15) is 11.1 Å². The molecule has 24 heavy (non-hydrogen) atoms. The molecule has 2 N–H and O–H groups in total. The summed E-state index contributed by atoms with van der Waals surface area (Å²) in [6, 6.07) is 9.16. The summed E-state index contributed by atoms with van der Waals surface area (Å²) in [5, 5.41) is 0.464. The van der Waals surface area contributed by atoms with Crippen LogP contribution in [0, 0.1) is 13.8 Å². The molecule has 0 spiro atoms. The van der Waals surface area contributed by atoms with Crippen molar-refractivity contribution in [1.29, 1.82) is 0 Å². The predicted octanol–water partition coefficient (Wildman–Crippen LogP) is 3.27. The van der Waals surface area contributed by atoms with E-state index in [-0.39, 0.29) is 0 Å². The van der Waals surface area contributed by atoms with Crippen molar-refractivity contribution in [3.8, 4) is 5.75 Å². The van der Waals surface area contributed by atoms with Crippen molar-refractivity contribution in [1.82, 2.24) is 4.98 Å². The van der Waals surface area contributed by atoms with E-state index in [0.29, 0.717) is 26.9 Å². The number of ether oxygens (including phenoxy) is 1. The zero-order chi connectivity index (χ0) is 17.5. The highest BCUT2D eigenvalue weighted by Gasteiger charge is 2.26. The van der Waals surface area contributed by atoms with Crippen LogP contribution in [0.2, 0.25) is 0 Å². The van der Waals surface area contributed by atoms with Crippen LogP contribution in [0.5, 0.6) is 5.75 Å². The first-order valence-electron chi connectivity index (χ1n) is 7.12. The maximum absolute atomic E-state index is 12.9. The van der Waals surface area contributed by atoms with Gasteiger partial charge in [0.05, 0.1) is 11.8 Å². The monoisotopic (exact) mass is 427 g/mol. The molecule has 0 bridgehead atoms. The molecule has 0 aliphatic carbocycles. The highest BCUT2D eigenvalue weighted by molar-refractivity contribution is 9.10. The average Bonchev–Trinajstić information content (AvgIpc) is 2.89. The van der Waals surface area contributed by atoms with Crippen molar-refractivity contribution < 1.29 is 17.9 Å². The van der Waals surface area contributed by atoms with Gasteiger partial charge >= 0.3 is 10.0 Å². The molecule has 5 nitrogen and oxygen atoms in total. The Labute approximate surface area is 152 Å². The molecule has 0 aliphatic rings. The van der Waals surface area contributed by atoms with Gasteiger partial charge in [-0.05, 0) is 65.2 Å². The number of primary sulfonamides is 1. The lowest BCUT2D eigenvalue weighted by Crippen LogP contribution is -2.81. The van der Waals surface area contributed by atoms with Crippen molar-refractivity contribution in [3.63, 3.8) is 0 Å². The van der Waals surface area contributed by atoms with E-state index < -0.39 is 10.0 Å². The number of hydrogen-bond acceptors (Lipinski definition) is 5. The maximum atomic E-state index is 12.9. The molecule has 3 aromatic rings. The quantitative estimate of drug-likeness (QED) is 0.693. The normalized spacial score (nSPS) is 11.8. The Morgan fingerprint density at radius 3 is 2.46 bits per heavy atom. The van der Waals surface area contributed by atoms with Gasteiger partial charge in [0.1, 0.15) is 16.2 Å². The molecule has 0 aliphatic heterocycles. The van der Waals surface area contributed by atoms with Crippen LogP contribution in [0.3, 0.4) is 0 Å². The van der Waals surface area contributed by atoms with Crippen molar-refractivity contribution >= 4 is 52.6 Å². The Bertz CT molecular complexity index is 1010. The minimum Gasteiger partial charge on any atom is -0.497 e. The number of rotatable bonds is 4. The third-order valence-corrected chi connectivity index (χ3v) is 7.10. The molecule has 0 saturated heterocycles. The molecule has 0 amide bonds. The van der Waals surface area contributed by atoms with E-state index in [0.717, 1.165) is 14.7 Å². The Balaban J connectivity index is 2.03. The highest BCUT2D eigenvalue weighted by atomic mass is 79.9. The van der Waals surface area contributed by atoms with Gasteiger partial charge in [-0.15, -0.1) is 0 Å². The van der Waals surface area contributed by atoms with Gasteiger partial charge in [-0.1, -0.05) is 17.4 Å². The molecule has 8 heteroatoms. The molecular weight excluding hydrogens is 412 g/mol. The second-order valence-corrected chi connectivity index (χ2v) is 9.04. The lowest BCUT2D eigenvalue weighted by atomic mass is 10.1. The van der Waals surface area contributed by atoms with Gasteiger partial charge in [0.15, 0.2) is 0 Å².